The summed E-state index contributed by atoms with van der Waals surface area (Å²) in [6.07, 6.45) is 0. The van der Waals surface area contributed by atoms with Crippen molar-refractivity contribution in [2.45, 2.75) is 6.54 Å². The third-order valence-electron chi connectivity index (χ3n) is 4.73. The smallest absolute Gasteiger partial charge is 0.260 e. The number of piperazine rings is 1. The topological polar surface area (TPSA) is 51.2 Å². The standard InChI is InChI=1S/C21H26N2O4/c1-25-18-7-9-19(10-8-18)27-16-21(24)23-13-11-22(12-14-23)15-17-5-3-4-6-20(17)26-2/h3-10H,11-16H2,1-2H3. The summed E-state index contributed by atoms with van der Waals surface area (Å²) in [5, 5.41) is 0. The van der Waals surface area contributed by atoms with Crippen molar-refractivity contribution in [2.24, 2.45) is 0 Å². The van der Waals surface area contributed by atoms with E-state index in [1.165, 1.54) is 5.56 Å². The van der Waals surface area contributed by atoms with Crippen LogP contribution in [0.25, 0.3) is 0 Å². The fraction of sp³-hybridized carbons (Fsp3) is 0.381. The van der Waals surface area contributed by atoms with E-state index in [4.69, 9.17) is 14.2 Å². The molecule has 0 saturated carbocycles. The first-order valence-electron chi connectivity index (χ1n) is 9.08. The predicted octanol–water partition coefficient (Wildman–Crippen LogP) is 2.43. The van der Waals surface area contributed by atoms with E-state index < -0.39 is 0 Å². The molecule has 0 atom stereocenters. The minimum absolute atomic E-state index is 0.0164. The molecular formula is C21H26N2O4. The first kappa shape index (κ1) is 19.0. The number of rotatable bonds is 7. The summed E-state index contributed by atoms with van der Waals surface area (Å²) in [5.74, 6) is 2.35. The van der Waals surface area contributed by atoms with E-state index >= 15 is 0 Å². The molecule has 1 aliphatic heterocycles. The minimum Gasteiger partial charge on any atom is -0.497 e. The van der Waals surface area contributed by atoms with Crippen LogP contribution in [0.1, 0.15) is 5.56 Å². The van der Waals surface area contributed by atoms with Crippen molar-refractivity contribution < 1.29 is 19.0 Å². The molecule has 1 aliphatic rings. The van der Waals surface area contributed by atoms with Gasteiger partial charge in [-0.1, -0.05) is 18.2 Å². The Morgan fingerprint density at radius 2 is 1.56 bits per heavy atom. The van der Waals surface area contributed by atoms with E-state index in [1.807, 2.05) is 35.2 Å². The number of methoxy groups -OCH3 is 2. The summed E-state index contributed by atoms with van der Waals surface area (Å²) < 4.78 is 16.1. The average molecular weight is 370 g/mol. The summed E-state index contributed by atoms with van der Waals surface area (Å²) in [6, 6.07) is 15.3. The van der Waals surface area contributed by atoms with Crippen molar-refractivity contribution in [2.75, 3.05) is 47.0 Å². The normalized spacial score (nSPS) is 14.7. The molecule has 6 heteroatoms. The van der Waals surface area contributed by atoms with Crippen LogP contribution in [0.2, 0.25) is 0 Å². The number of ether oxygens (including phenoxy) is 3. The summed E-state index contributed by atoms with van der Waals surface area (Å²) in [7, 11) is 3.31. The lowest BCUT2D eigenvalue weighted by molar-refractivity contribution is -0.135. The Morgan fingerprint density at radius 1 is 0.889 bits per heavy atom. The highest BCUT2D eigenvalue weighted by atomic mass is 16.5. The fourth-order valence-electron chi connectivity index (χ4n) is 3.14. The molecule has 1 saturated heterocycles. The molecule has 0 aromatic heterocycles. The second-order valence-corrected chi connectivity index (χ2v) is 6.43. The van der Waals surface area contributed by atoms with Gasteiger partial charge >= 0.3 is 0 Å². The molecule has 0 bridgehead atoms. The zero-order chi connectivity index (χ0) is 19.1. The predicted molar refractivity (Wildman–Crippen MR) is 103 cm³/mol. The molecule has 0 unspecified atom stereocenters. The van der Waals surface area contributed by atoms with Crippen molar-refractivity contribution in [3.05, 3.63) is 54.1 Å². The molecule has 27 heavy (non-hydrogen) atoms. The maximum Gasteiger partial charge on any atom is 0.260 e. The quantitative estimate of drug-likeness (QED) is 0.749. The Bertz CT molecular complexity index is 740. The first-order chi connectivity index (χ1) is 13.2. The zero-order valence-corrected chi connectivity index (χ0v) is 15.9. The van der Waals surface area contributed by atoms with Gasteiger partial charge in [0, 0.05) is 38.3 Å². The zero-order valence-electron chi connectivity index (χ0n) is 15.9. The lowest BCUT2D eigenvalue weighted by Gasteiger charge is -2.34. The summed E-state index contributed by atoms with van der Waals surface area (Å²) in [4.78, 5) is 16.6. The number of para-hydroxylation sites is 1. The molecule has 0 radical (unpaired) electrons. The number of nitrogens with zero attached hydrogens (tertiary/aromatic N) is 2. The number of carbonyl (C=O) groups is 1. The molecule has 6 nitrogen and oxygen atoms in total. The van der Waals surface area contributed by atoms with Crippen molar-refractivity contribution in [1.82, 2.24) is 9.80 Å². The molecule has 0 aliphatic carbocycles. The van der Waals surface area contributed by atoms with Crippen molar-refractivity contribution in [3.8, 4) is 17.2 Å². The van der Waals surface area contributed by atoms with E-state index in [-0.39, 0.29) is 12.5 Å². The third-order valence-corrected chi connectivity index (χ3v) is 4.73. The number of amides is 1. The van der Waals surface area contributed by atoms with Gasteiger partial charge < -0.3 is 19.1 Å². The second-order valence-electron chi connectivity index (χ2n) is 6.43. The van der Waals surface area contributed by atoms with Gasteiger partial charge in [-0.25, -0.2) is 0 Å². The van der Waals surface area contributed by atoms with Gasteiger partial charge in [0.25, 0.3) is 5.91 Å². The van der Waals surface area contributed by atoms with Gasteiger partial charge in [0.05, 0.1) is 14.2 Å². The van der Waals surface area contributed by atoms with Crippen LogP contribution < -0.4 is 14.2 Å². The van der Waals surface area contributed by atoms with Crippen molar-refractivity contribution in [3.63, 3.8) is 0 Å². The first-order valence-corrected chi connectivity index (χ1v) is 9.08. The van der Waals surface area contributed by atoms with Crippen molar-refractivity contribution in [1.29, 1.82) is 0 Å². The molecule has 1 fully saturated rings. The highest BCUT2D eigenvalue weighted by Crippen LogP contribution is 2.20. The monoisotopic (exact) mass is 370 g/mol. The lowest BCUT2D eigenvalue weighted by atomic mass is 10.1. The highest BCUT2D eigenvalue weighted by molar-refractivity contribution is 5.77. The van der Waals surface area contributed by atoms with Crippen LogP contribution in [0, 0.1) is 0 Å². The molecule has 2 aromatic rings. The van der Waals surface area contributed by atoms with E-state index in [0.717, 1.165) is 31.1 Å². The van der Waals surface area contributed by atoms with E-state index in [1.54, 1.807) is 26.4 Å². The molecule has 0 N–H and O–H groups in total. The molecule has 2 aromatic carbocycles. The van der Waals surface area contributed by atoms with Crippen LogP contribution in [0.5, 0.6) is 17.2 Å². The average Bonchev–Trinajstić information content (AvgIpc) is 2.73. The molecule has 144 valence electrons. The van der Waals surface area contributed by atoms with Crippen LogP contribution in [-0.4, -0.2) is 62.7 Å². The maximum atomic E-state index is 12.4. The summed E-state index contributed by atoms with van der Waals surface area (Å²) in [5.41, 5.74) is 1.17. The number of hydrogen-bond donors (Lipinski definition) is 0. The van der Waals surface area contributed by atoms with Gasteiger partial charge in [0.2, 0.25) is 0 Å². The molecular weight excluding hydrogens is 344 g/mol. The minimum atomic E-state index is 0.0164. The summed E-state index contributed by atoms with van der Waals surface area (Å²) >= 11 is 0. The SMILES string of the molecule is COc1ccc(OCC(=O)N2CCN(Cc3ccccc3OC)CC2)cc1. The molecule has 0 spiro atoms. The Labute approximate surface area is 160 Å². The van der Waals surface area contributed by atoms with Gasteiger partial charge in [0.15, 0.2) is 6.61 Å². The van der Waals surface area contributed by atoms with Crippen LogP contribution in [0.3, 0.4) is 0 Å². The van der Waals surface area contributed by atoms with Gasteiger partial charge in [-0.05, 0) is 30.3 Å². The Balaban J connectivity index is 1.44. The van der Waals surface area contributed by atoms with Crippen LogP contribution in [0.15, 0.2) is 48.5 Å². The van der Waals surface area contributed by atoms with E-state index in [9.17, 15) is 4.79 Å². The van der Waals surface area contributed by atoms with Gasteiger partial charge in [-0.2, -0.15) is 0 Å². The molecule has 1 amide bonds. The molecule has 3 rings (SSSR count). The van der Waals surface area contributed by atoms with Crippen LogP contribution >= 0.6 is 0 Å². The van der Waals surface area contributed by atoms with Crippen LogP contribution in [-0.2, 0) is 11.3 Å². The number of benzene rings is 2. The van der Waals surface area contributed by atoms with Gasteiger partial charge in [-0.15, -0.1) is 0 Å². The lowest BCUT2D eigenvalue weighted by Crippen LogP contribution is -2.49. The maximum absolute atomic E-state index is 12.4. The highest BCUT2D eigenvalue weighted by Gasteiger charge is 2.22. The summed E-state index contributed by atoms with van der Waals surface area (Å²) in [6.45, 7) is 3.98. The number of carbonyl (C=O) groups excluding carboxylic acids is 1. The van der Waals surface area contributed by atoms with E-state index in [0.29, 0.717) is 18.8 Å². The van der Waals surface area contributed by atoms with Gasteiger partial charge in [0.1, 0.15) is 17.2 Å². The van der Waals surface area contributed by atoms with Crippen LogP contribution in [0.4, 0.5) is 0 Å². The largest absolute Gasteiger partial charge is 0.497 e. The second kappa shape index (κ2) is 9.28. The fourth-order valence-corrected chi connectivity index (χ4v) is 3.14. The molecule has 1 heterocycles. The Kier molecular flexibility index (Phi) is 6.54. The Hall–Kier alpha value is -2.73. The van der Waals surface area contributed by atoms with E-state index in [2.05, 4.69) is 11.0 Å². The third kappa shape index (κ3) is 5.14. The van der Waals surface area contributed by atoms with Gasteiger partial charge in [-0.3, -0.25) is 9.69 Å². The Morgan fingerprint density at radius 3 is 2.22 bits per heavy atom. The number of hydrogen-bond acceptors (Lipinski definition) is 5. The van der Waals surface area contributed by atoms with Crippen molar-refractivity contribution >= 4 is 5.91 Å².